The summed E-state index contributed by atoms with van der Waals surface area (Å²) in [6, 6.07) is -0.435. The number of amides is 2. The van der Waals surface area contributed by atoms with Gasteiger partial charge >= 0.3 is 0 Å². The van der Waals surface area contributed by atoms with E-state index in [1.54, 1.807) is 17.9 Å². The van der Waals surface area contributed by atoms with Gasteiger partial charge in [0.2, 0.25) is 5.91 Å². The fraction of sp³-hybridized carbons (Fsp3) is 0.500. The quantitative estimate of drug-likeness (QED) is 0.680. The third-order valence-electron chi connectivity index (χ3n) is 2.82. The number of aryl methyl sites for hydroxylation is 1. The highest BCUT2D eigenvalue weighted by Gasteiger charge is 2.32. The summed E-state index contributed by atoms with van der Waals surface area (Å²) >= 11 is 0. The average molecular weight is 237 g/mol. The number of nitrogens with one attached hydrogen (secondary N) is 1. The number of likely N-dealkylation sites (tertiary alicyclic amines) is 1. The van der Waals surface area contributed by atoms with Crippen LogP contribution in [0.3, 0.4) is 0 Å². The number of nitrogen functional groups attached to an aromatic ring is 1. The molecule has 7 heteroatoms. The number of rotatable bonds is 2. The summed E-state index contributed by atoms with van der Waals surface area (Å²) in [5, 5.41) is 7.08. The Morgan fingerprint density at radius 3 is 2.76 bits per heavy atom. The molecule has 1 aromatic heterocycles. The van der Waals surface area contributed by atoms with Crippen molar-refractivity contribution in [2.24, 2.45) is 7.05 Å². The number of hydrogen-bond donors (Lipinski definition) is 2. The summed E-state index contributed by atoms with van der Waals surface area (Å²) in [5.41, 5.74) is 6.21. The Balaban J connectivity index is 2.12. The fourth-order valence-electron chi connectivity index (χ4n) is 1.83. The van der Waals surface area contributed by atoms with Gasteiger partial charge in [0.05, 0.1) is 5.69 Å². The molecular formula is C10H15N5O2. The van der Waals surface area contributed by atoms with E-state index >= 15 is 0 Å². The van der Waals surface area contributed by atoms with E-state index in [0.29, 0.717) is 24.3 Å². The molecule has 0 radical (unpaired) electrons. The third kappa shape index (κ3) is 2.08. The van der Waals surface area contributed by atoms with Gasteiger partial charge in [-0.05, 0) is 6.42 Å². The molecule has 0 saturated carbocycles. The van der Waals surface area contributed by atoms with Gasteiger partial charge in [0, 0.05) is 26.7 Å². The molecule has 2 amide bonds. The number of carbonyl (C=O) groups is 2. The zero-order valence-corrected chi connectivity index (χ0v) is 9.80. The molecule has 1 fully saturated rings. The topological polar surface area (TPSA) is 93.2 Å². The first-order chi connectivity index (χ1) is 7.99. The summed E-state index contributed by atoms with van der Waals surface area (Å²) in [6.45, 7) is 0. The van der Waals surface area contributed by atoms with Gasteiger partial charge in [-0.15, -0.1) is 0 Å². The smallest absolute Gasteiger partial charge is 0.251 e. The monoisotopic (exact) mass is 237 g/mol. The maximum atomic E-state index is 11.8. The van der Waals surface area contributed by atoms with Crippen LogP contribution in [0.1, 0.15) is 12.8 Å². The lowest BCUT2D eigenvalue weighted by atomic mass is 10.0. The number of nitrogens with zero attached hydrogens (tertiary/aromatic N) is 3. The molecule has 1 aliphatic heterocycles. The zero-order valence-electron chi connectivity index (χ0n) is 9.80. The van der Waals surface area contributed by atoms with Crippen molar-refractivity contribution in [3.05, 3.63) is 6.20 Å². The van der Waals surface area contributed by atoms with Crippen LogP contribution < -0.4 is 11.1 Å². The van der Waals surface area contributed by atoms with Crippen LogP contribution in [0.4, 0.5) is 11.5 Å². The molecule has 1 atom stereocenters. The molecular weight excluding hydrogens is 222 g/mol. The predicted molar refractivity (Wildman–Crippen MR) is 62.0 cm³/mol. The number of likely N-dealkylation sites (N-methyl/N-ethyl adjacent to an activating group) is 1. The van der Waals surface area contributed by atoms with E-state index in [1.165, 1.54) is 7.05 Å². The Morgan fingerprint density at radius 2 is 2.18 bits per heavy atom. The van der Waals surface area contributed by atoms with Gasteiger partial charge in [0.1, 0.15) is 6.04 Å². The van der Waals surface area contributed by atoms with Gasteiger partial charge in [0.25, 0.3) is 5.91 Å². The van der Waals surface area contributed by atoms with Gasteiger partial charge in [-0.2, -0.15) is 5.10 Å². The summed E-state index contributed by atoms with van der Waals surface area (Å²) < 4.78 is 1.57. The molecule has 2 heterocycles. The van der Waals surface area contributed by atoms with Crippen LogP contribution in [-0.4, -0.2) is 39.6 Å². The standard InChI is InChI=1S/C10H15N5O2/c1-14-5-6(11)9(13-14)12-7-3-4-8(16)15(2)10(7)17/h5,7H,3-4,11H2,1-2H3,(H,12,13). The number of piperidine rings is 1. The number of carbonyl (C=O) groups excluding carboxylic acids is 2. The number of anilines is 2. The first kappa shape index (κ1) is 11.4. The molecule has 0 aliphatic carbocycles. The fourth-order valence-corrected chi connectivity index (χ4v) is 1.83. The first-order valence-corrected chi connectivity index (χ1v) is 5.35. The highest BCUT2D eigenvalue weighted by Crippen LogP contribution is 2.20. The minimum absolute atomic E-state index is 0.151. The number of hydrogen-bond acceptors (Lipinski definition) is 5. The van der Waals surface area contributed by atoms with E-state index in [0.717, 1.165) is 4.90 Å². The third-order valence-corrected chi connectivity index (χ3v) is 2.82. The molecule has 1 aliphatic rings. The molecule has 1 aromatic rings. The van der Waals surface area contributed by atoms with E-state index in [9.17, 15) is 9.59 Å². The van der Waals surface area contributed by atoms with Crippen molar-refractivity contribution >= 4 is 23.3 Å². The van der Waals surface area contributed by atoms with Gasteiger partial charge in [-0.25, -0.2) is 0 Å². The van der Waals surface area contributed by atoms with Crippen molar-refractivity contribution in [3.8, 4) is 0 Å². The Kier molecular flexibility index (Phi) is 2.74. The predicted octanol–water partition coefficient (Wildman–Crippen LogP) is -0.438. The lowest BCUT2D eigenvalue weighted by Crippen LogP contribution is -2.48. The van der Waals surface area contributed by atoms with Gasteiger partial charge in [-0.3, -0.25) is 19.2 Å². The van der Waals surface area contributed by atoms with E-state index in [4.69, 9.17) is 5.73 Å². The molecule has 0 aromatic carbocycles. The largest absolute Gasteiger partial charge is 0.394 e. The molecule has 2 rings (SSSR count). The normalized spacial score (nSPS) is 20.8. The highest BCUT2D eigenvalue weighted by molar-refractivity contribution is 6.01. The van der Waals surface area contributed by atoms with E-state index < -0.39 is 6.04 Å². The van der Waals surface area contributed by atoms with Crippen LogP contribution in [0.2, 0.25) is 0 Å². The molecule has 0 bridgehead atoms. The maximum Gasteiger partial charge on any atom is 0.251 e. The van der Waals surface area contributed by atoms with Crippen LogP contribution in [0.25, 0.3) is 0 Å². The first-order valence-electron chi connectivity index (χ1n) is 5.35. The lowest BCUT2D eigenvalue weighted by molar-refractivity contribution is -0.146. The van der Waals surface area contributed by atoms with E-state index in [1.807, 2.05) is 0 Å². The molecule has 17 heavy (non-hydrogen) atoms. The lowest BCUT2D eigenvalue weighted by Gasteiger charge is -2.28. The number of aromatic nitrogens is 2. The summed E-state index contributed by atoms with van der Waals surface area (Å²) in [6.07, 6.45) is 2.48. The second-order valence-electron chi connectivity index (χ2n) is 4.13. The van der Waals surface area contributed by atoms with Gasteiger partial charge in [-0.1, -0.05) is 0 Å². The van der Waals surface area contributed by atoms with Crippen LogP contribution in [0.15, 0.2) is 6.20 Å². The number of imide groups is 1. The van der Waals surface area contributed by atoms with E-state index in [2.05, 4.69) is 10.4 Å². The molecule has 7 nitrogen and oxygen atoms in total. The maximum absolute atomic E-state index is 11.8. The van der Waals surface area contributed by atoms with E-state index in [-0.39, 0.29) is 11.8 Å². The van der Waals surface area contributed by atoms with Crippen molar-refractivity contribution in [2.45, 2.75) is 18.9 Å². The SMILES string of the molecule is CN1C(=O)CCC(Nc2nn(C)cc2N)C1=O. The second-order valence-corrected chi connectivity index (χ2v) is 4.13. The molecule has 0 spiro atoms. The molecule has 1 saturated heterocycles. The zero-order chi connectivity index (χ0) is 12.6. The average Bonchev–Trinajstić information content (AvgIpc) is 2.58. The van der Waals surface area contributed by atoms with Crippen molar-refractivity contribution in [1.29, 1.82) is 0 Å². The van der Waals surface area contributed by atoms with Crippen molar-refractivity contribution < 1.29 is 9.59 Å². The summed E-state index contributed by atoms with van der Waals surface area (Å²) in [7, 11) is 3.24. The Morgan fingerprint density at radius 1 is 1.47 bits per heavy atom. The van der Waals surface area contributed by atoms with Crippen molar-refractivity contribution in [3.63, 3.8) is 0 Å². The van der Waals surface area contributed by atoms with Gasteiger partial charge in [0.15, 0.2) is 5.82 Å². The van der Waals surface area contributed by atoms with Crippen molar-refractivity contribution in [2.75, 3.05) is 18.1 Å². The van der Waals surface area contributed by atoms with Crippen molar-refractivity contribution in [1.82, 2.24) is 14.7 Å². The summed E-state index contributed by atoms with van der Waals surface area (Å²) in [5.74, 6) is 0.0851. The Hall–Kier alpha value is -2.05. The summed E-state index contributed by atoms with van der Waals surface area (Å²) in [4.78, 5) is 24.3. The molecule has 1 unspecified atom stereocenters. The van der Waals surface area contributed by atoms with Crippen LogP contribution in [-0.2, 0) is 16.6 Å². The highest BCUT2D eigenvalue weighted by atomic mass is 16.2. The minimum Gasteiger partial charge on any atom is -0.394 e. The molecule has 92 valence electrons. The molecule has 3 N–H and O–H groups in total. The van der Waals surface area contributed by atoms with Gasteiger partial charge < -0.3 is 11.1 Å². The second kappa shape index (κ2) is 4.08. The Labute approximate surface area is 98.6 Å². The number of nitrogens with two attached hydrogens (primary N) is 1. The van der Waals surface area contributed by atoms with Crippen LogP contribution in [0, 0.1) is 0 Å². The minimum atomic E-state index is -0.435. The van der Waals surface area contributed by atoms with Crippen LogP contribution >= 0.6 is 0 Å². The van der Waals surface area contributed by atoms with Crippen LogP contribution in [0.5, 0.6) is 0 Å². The Bertz CT molecular complexity index is 467.